The molecule has 1 aromatic heterocycles. The zero-order valence-electron chi connectivity index (χ0n) is 11.7. The van der Waals surface area contributed by atoms with Gasteiger partial charge in [-0.3, -0.25) is 4.90 Å². The summed E-state index contributed by atoms with van der Waals surface area (Å²) in [5.74, 6) is -0.289. The van der Waals surface area contributed by atoms with Crippen LogP contribution in [0.2, 0.25) is 0 Å². The van der Waals surface area contributed by atoms with Gasteiger partial charge in [0.15, 0.2) is 5.82 Å². The summed E-state index contributed by atoms with van der Waals surface area (Å²) in [6.45, 7) is 2.22. The quantitative estimate of drug-likeness (QED) is 0.935. The van der Waals surface area contributed by atoms with Gasteiger partial charge in [-0.1, -0.05) is 0 Å². The maximum absolute atomic E-state index is 14.2. The molecule has 2 fully saturated rings. The standard InChI is InChI=1S/C15H18FN5/c16-14-7-11(1-4-15(14)21-10-17-9-18-21)19-12-5-6-20(8-12)13-2-3-13/h1,4,7,9-10,12-13,19H,2-3,5-6,8H2. The highest BCUT2D eigenvalue weighted by molar-refractivity contribution is 5.50. The average molecular weight is 287 g/mol. The minimum absolute atomic E-state index is 0.289. The number of rotatable bonds is 4. The number of benzene rings is 1. The second-order valence-electron chi connectivity index (χ2n) is 5.86. The van der Waals surface area contributed by atoms with Gasteiger partial charge in [-0.25, -0.2) is 14.1 Å². The highest BCUT2D eigenvalue weighted by atomic mass is 19.1. The summed E-state index contributed by atoms with van der Waals surface area (Å²) in [7, 11) is 0. The topological polar surface area (TPSA) is 46.0 Å². The molecule has 1 saturated carbocycles. The van der Waals surface area contributed by atoms with Gasteiger partial charge in [-0.15, -0.1) is 0 Å². The molecule has 4 rings (SSSR count). The van der Waals surface area contributed by atoms with Crippen LogP contribution in [0.4, 0.5) is 10.1 Å². The molecule has 1 saturated heterocycles. The molecule has 110 valence electrons. The Bertz CT molecular complexity index is 623. The van der Waals surface area contributed by atoms with Crippen molar-refractivity contribution in [1.82, 2.24) is 19.7 Å². The molecule has 1 aliphatic heterocycles. The molecule has 0 radical (unpaired) electrons. The maximum Gasteiger partial charge on any atom is 0.150 e. The van der Waals surface area contributed by atoms with Gasteiger partial charge in [0, 0.05) is 30.9 Å². The zero-order chi connectivity index (χ0) is 14.2. The van der Waals surface area contributed by atoms with Gasteiger partial charge in [-0.2, -0.15) is 5.10 Å². The van der Waals surface area contributed by atoms with Gasteiger partial charge in [-0.05, 0) is 37.5 Å². The van der Waals surface area contributed by atoms with Crippen LogP contribution in [-0.4, -0.2) is 44.8 Å². The number of nitrogens with one attached hydrogen (secondary N) is 1. The maximum atomic E-state index is 14.2. The number of aromatic nitrogens is 3. The van der Waals surface area contributed by atoms with Crippen LogP contribution in [0.25, 0.3) is 5.69 Å². The fourth-order valence-corrected chi connectivity index (χ4v) is 3.03. The number of likely N-dealkylation sites (tertiary alicyclic amines) is 1. The predicted molar refractivity (Wildman–Crippen MR) is 77.9 cm³/mol. The van der Waals surface area contributed by atoms with Crippen molar-refractivity contribution in [2.75, 3.05) is 18.4 Å². The Labute approximate surface area is 122 Å². The van der Waals surface area contributed by atoms with Crippen molar-refractivity contribution in [3.63, 3.8) is 0 Å². The summed E-state index contributed by atoms with van der Waals surface area (Å²) in [4.78, 5) is 6.38. The molecule has 0 amide bonds. The molecule has 1 N–H and O–H groups in total. The summed E-state index contributed by atoms with van der Waals surface area (Å²) < 4.78 is 15.6. The van der Waals surface area contributed by atoms with E-state index in [4.69, 9.17) is 0 Å². The molecule has 1 atom stereocenters. The van der Waals surface area contributed by atoms with E-state index in [1.54, 1.807) is 6.07 Å². The predicted octanol–water partition coefficient (Wildman–Crippen LogP) is 2.05. The number of anilines is 1. The highest BCUT2D eigenvalue weighted by Crippen LogP contribution is 2.30. The summed E-state index contributed by atoms with van der Waals surface area (Å²) in [6, 6.07) is 6.40. The molecule has 0 bridgehead atoms. The Hall–Kier alpha value is -1.95. The van der Waals surface area contributed by atoms with Crippen LogP contribution >= 0.6 is 0 Å². The lowest BCUT2D eigenvalue weighted by Gasteiger charge is -2.17. The first kappa shape index (κ1) is 12.8. The van der Waals surface area contributed by atoms with E-state index in [2.05, 4.69) is 20.3 Å². The molecule has 1 aromatic carbocycles. The van der Waals surface area contributed by atoms with E-state index >= 15 is 0 Å². The monoisotopic (exact) mass is 287 g/mol. The third-order valence-electron chi connectivity index (χ3n) is 4.27. The second kappa shape index (κ2) is 5.11. The first-order chi connectivity index (χ1) is 10.3. The van der Waals surface area contributed by atoms with E-state index in [1.165, 1.54) is 36.2 Å². The van der Waals surface area contributed by atoms with Crippen molar-refractivity contribution in [1.29, 1.82) is 0 Å². The minimum atomic E-state index is -0.289. The van der Waals surface area contributed by atoms with Crippen molar-refractivity contribution < 1.29 is 4.39 Å². The molecule has 1 aliphatic carbocycles. The number of halogens is 1. The van der Waals surface area contributed by atoms with Crippen molar-refractivity contribution in [3.8, 4) is 5.69 Å². The summed E-state index contributed by atoms with van der Waals surface area (Å²) in [5, 5.41) is 7.39. The van der Waals surface area contributed by atoms with E-state index in [1.807, 2.05) is 6.07 Å². The number of hydrogen-bond donors (Lipinski definition) is 1. The Morgan fingerprint density at radius 3 is 2.86 bits per heavy atom. The van der Waals surface area contributed by atoms with Crippen LogP contribution in [0.3, 0.4) is 0 Å². The second-order valence-corrected chi connectivity index (χ2v) is 5.86. The molecule has 1 unspecified atom stereocenters. The highest BCUT2D eigenvalue weighted by Gasteiger charge is 2.34. The van der Waals surface area contributed by atoms with Crippen molar-refractivity contribution in [2.45, 2.75) is 31.3 Å². The smallest absolute Gasteiger partial charge is 0.150 e. The normalized spacial score (nSPS) is 22.6. The lowest BCUT2D eigenvalue weighted by Crippen LogP contribution is -2.27. The Morgan fingerprint density at radius 2 is 2.14 bits per heavy atom. The third-order valence-corrected chi connectivity index (χ3v) is 4.27. The minimum Gasteiger partial charge on any atom is -0.381 e. The molecule has 2 aromatic rings. The third kappa shape index (κ3) is 2.63. The Morgan fingerprint density at radius 1 is 1.24 bits per heavy atom. The zero-order valence-corrected chi connectivity index (χ0v) is 11.7. The van der Waals surface area contributed by atoms with Gasteiger partial charge in [0.05, 0.1) is 0 Å². The van der Waals surface area contributed by atoms with E-state index in [9.17, 15) is 4.39 Å². The van der Waals surface area contributed by atoms with Gasteiger partial charge in [0.2, 0.25) is 0 Å². The lowest BCUT2D eigenvalue weighted by molar-refractivity contribution is 0.326. The summed E-state index contributed by atoms with van der Waals surface area (Å²) in [5.41, 5.74) is 1.25. The molecule has 6 heteroatoms. The largest absolute Gasteiger partial charge is 0.381 e. The first-order valence-corrected chi connectivity index (χ1v) is 7.45. The Balaban J connectivity index is 1.45. The van der Waals surface area contributed by atoms with E-state index in [0.29, 0.717) is 11.7 Å². The SMILES string of the molecule is Fc1cc(NC2CCN(C3CC3)C2)ccc1-n1cncn1. The van der Waals surface area contributed by atoms with Gasteiger partial charge >= 0.3 is 0 Å². The van der Waals surface area contributed by atoms with Crippen LogP contribution in [0.15, 0.2) is 30.9 Å². The van der Waals surface area contributed by atoms with Crippen molar-refractivity contribution in [3.05, 3.63) is 36.7 Å². The fraction of sp³-hybridized carbons (Fsp3) is 0.467. The van der Waals surface area contributed by atoms with Crippen LogP contribution in [-0.2, 0) is 0 Å². The van der Waals surface area contributed by atoms with Crippen LogP contribution in [0, 0.1) is 5.82 Å². The number of hydrogen-bond acceptors (Lipinski definition) is 4. The van der Waals surface area contributed by atoms with E-state index < -0.39 is 0 Å². The molecule has 21 heavy (non-hydrogen) atoms. The molecule has 2 aliphatic rings. The Kier molecular flexibility index (Phi) is 3.11. The molecule has 0 spiro atoms. The van der Waals surface area contributed by atoms with Gasteiger partial charge in [0.1, 0.15) is 18.3 Å². The van der Waals surface area contributed by atoms with Crippen molar-refractivity contribution >= 4 is 5.69 Å². The van der Waals surface area contributed by atoms with E-state index in [0.717, 1.165) is 31.2 Å². The fourth-order valence-electron chi connectivity index (χ4n) is 3.03. The average Bonchev–Trinajstić information content (AvgIpc) is 2.99. The lowest BCUT2D eigenvalue weighted by atomic mass is 10.2. The molecule has 2 heterocycles. The van der Waals surface area contributed by atoms with E-state index in [-0.39, 0.29) is 5.82 Å². The van der Waals surface area contributed by atoms with Crippen LogP contribution in [0.5, 0.6) is 0 Å². The van der Waals surface area contributed by atoms with Crippen molar-refractivity contribution in [2.24, 2.45) is 0 Å². The molecule has 5 nitrogen and oxygen atoms in total. The molecular formula is C15H18FN5. The first-order valence-electron chi connectivity index (χ1n) is 7.45. The van der Waals surface area contributed by atoms with Crippen LogP contribution in [0.1, 0.15) is 19.3 Å². The van der Waals surface area contributed by atoms with Crippen LogP contribution < -0.4 is 5.32 Å². The summed E-state index contributed by atoms with van der Waals surface area (Å²) in [6.07, 6.45) is 6.71. The molecular weight excluding hydrogens is 269 g/mol. The number of nitrogens with zero attached hydrogens (tertiary/aromatic N) is 4. The van der Waals surface area contributed by atoms with Gasteiger partial charge < -0.3 is 5.32 Å². The van der Waals surface area contributed by atoms with Gasteiger partial charge in [0.25, 0.3) is 0 Å². The summed E-state index contributed by atoms with van der Waals surface area (Å²) >= 11 is 0.